The number of nitrogens with one attached hydrogen (secondary N) is 1. The summed E-state index contributed by atoms with van der Waals surface area (Å²) in [7, 11) is 0. The van der Waals surface area contributed by atoms with Crippen molar-refractivity contribution in [1.82, 2.24) is 5.32 Å². The number of aryl methyl sites for hydroxylation is 1. The van der Waals surface area contributed by atoms with Gasteiger partial charge in [0.2, 0.25) is 5.91 Å². The lowest BCUT2D eigenvalue weighted by molar-refractivity contribution is -0.119. The van der Waals surface area contributed by atoms with Crippen molar-refractivity contribution in [2.75, 3.05) is 13.1 Å². The van der Waals surface area contributed by atoms with Crippen LogP contribution < -0.4 is 11.1 Å². The smallest absolute Gasteiger partial charge is 0.233 e. The number of rotatable bonds is 5. The minimum Gasteiger partial charge on any atom is -0.355 e. The molecule has 1 amide bonds. The largest absolute Gasteiger partial charge is 0.355 e. The maximum absolute atomic E-state index is 10.9. The predicted octanol–water partition coefficient (Wildman–Crippen LogP) is 1.29. The highest BCUT2D eigenvalue weighted by Gasteiger charge is 1.97. The first kappa shape index (κ1) is 14.9. The Hall–Kier alpha value is -1.06. The van der Waals surface area contributed by atoms with E-state index < -0.39 is 0 Å². The summed E-state index contributed by atoms with van der Waals surface area (Å²) in [5, 5.41) is 2.75. The summed E-state index contributed by atoms with van der Waals surface area (Å²) in [6, 6.07) is 8.46. The number of hydrogen-bond acceptors (Lipinski definition) is 2. The van der Waals surface area contributed by atoms with E-state index in [9.17, 15) is 4.79 Å². The van der Waals surface area contributed by atoms with Crippen LogP contribution >= 0.6 is 12.4 Å². The van der Waals surface area contributed by atoms with Crippen LogP contribution in [0.25, 0.3) is 0 Å². The Balaban J connectivity index is 0.00000225. The zero-order valence-electron chi connectivity index (χ0n) is 9.53. The molecule has 0 spiro atoms. The molecular weight excluding hydrogens is 224 g/mol. The predicted molar refractivity (Wildman–Crippen MR) is 68.8 cm³/mol. The van der Waals surface area contributed by atoms with Gasteiger partial charge < -0.3 is 11.1 Å². The lowest BCUT2D eigenvalue weighted by Gasteiger charge is -2.04. The fraction of sp³-hybridized carbons (Fsp3) is 0.417. The van der Waals surface area contributed by atoms with E-state index in [2.05, 4.69) is 36.5 Å². The maximum Gasteiger partial charge on any atom is 0.233 e. The van der Waals surface area contributed by atoms with Crippen molar-refractivity contribution in [3.8, 4) is 0 Å². The molecule has 0 saturated heterocycles. The molecule has 4 heteroatoms. The van der Waals surface area contributed by atoms with Gasteiger partial charge in [-0.05, 0) is 24.0 Å². The van der Waals surface area contributed by atoms with Gasteiger partial charge in [-0.1, -0.05) is 31.2 Å². The van der Waals surface area contributed by atoms with E-state index in [-0.39, 0.29) is 24.9 Å². The summed E-state index contributed by atoms with van der Waals surface area (Å²) in [6.07, 6.45) is 1.92. The van der Waals surface area contributed by atoms with Crippen molar-refractivity contribution in [2.24, 2.45) is 5.73 Å². The van der Waals surface area contributed by atoms with Crippen LogP contribution in [0.4, 0.5) is 0 Å². The highest BCUT2D eigenvalue weighted by atomic mass is 35.5. The van der Waals surface area contributed by atoms with E-state index in [0.29, 0.717) is 6.54 Å². The Bertz CT molecular complexity index is 311. The third-order valence-corrected chi connectivity index (χ3v) is 2.35. The fourth-order valence-corrected chi connectivity index (χ4v) is 1.36. The molecule has 0 aromatic heterocycles. The van der Waals surface area contributed by atoms with Crippen molar-refractivity contribution >= 4 is 18.3 Å². The number of halogens is 1. The van der Waals surface area contributed by atoms with Gasteiger partial charge in [-0.25, -0.2) is 0 Å². The normalized spacial score (nSPS) is 9.38. The Labute approximate surface area is 103 Å². The van der Waals surface area contributed by atoms with Gasteiger partial charge in [0.25, 0.3) is 0 Å². The van der Waals surface area contributed by atoms with Gasteiger partial charge >= 0.3 is 0 Å². The minimum atomic E-state index is -0.0971. The van der Waals surface area contributed by atoms with Gasteiger partial charge in [0, 0.05) is 6.54 Å². The van der Waals surface area contributed by atoms with E-state index in [1.165, 1.54) is 11.1 Å². The molecule has 1 aromatic rings. The summed E-state index contributed by atoms with van der Waals surface area (Å²) in [5.41, 5.74) is 7.76. The molecule has 0 bridgehead atoms. The fourth-order valence-electron chi connectivity index (χ4n) is 1.36. The molecule has 0 saturated carbocycles. The highest BCUT2D eigenvalue weighted by molar-refractivity contribution is 5.85. The van der Waals surface area contributed by atoms with Crippen molar-refractivity contribution in [2.45, 2.75) is 19.8 Å². The molecule has 0 aliphatic rings. The second-order valence-electron chi connectivity index (χ2n) is 3.47. The Morgan fingerprint density at radius 1 is 1.25 bits per heavy atom. The molecular formula is C12H19ClN2O. The molecule has 90 valence electrons. The van der Waals surface area contributed by atoms with Gasteiger partial charge in [-0.3, -0.25) is 4.79 Å². The summed E-state index contributed by atoms with van der Waals surface area (Å²) in [5.74, 6) is -0.0971. The Kier molecular flexibility index (Phi) is 7.60. The second kappa shape index (κ2) is 8.13. The van der Waals surface area contributed by atoms with Crippen LogP contribution in [-0.4, -0.2) is 19.0 Å². The molecule has 0 aliphatic heterocycles. The van der Waals surface area contributed by atoms with Crippen molar-refractivity contribution in [1.29, 1.82) is 0 Å². The number of carbonyl (C=O) groups is 1. The zero-order chi connectivity index (χ0) is 11.1. The molecule has 1 aromatic carbocycles. The maximum atomic E-state index is 10.9. The molecule has 16 heavy (non-hydrogen) atoms. The lowest BCUT2D eigenvalue weighted by atomic mass is 10.1. The molecule has 3 N–H and O–H groups in total. The molecule has 0 radical (unpaired) electrons. The second-order valence-corrected chi connectivity index (χ2v) is 3.47. The van der Waals surface area contributed by atoms with Crippen LogP contribution in [0.15, 0.2) is 24.3 Å². The van der Waals surface area contributed by atoms with E-state index in [1.54, 1.807) is 0 Å². The van der Waals surface area contributed by atoms with Crippen molar-refractivity contribution in [3.63, 3.8) is 0 Å². The van der Waals surface area contributed by atoms with Gasteiger partial charge in [0.05, 0.1) is 6.54 Å². The SMILES string of the molecule is CCc1ccc(CCNC(=O)CN)cc1.Cl. The van der Waals surface area contributed by atoms with Crippen LogP contribution in [0.5, 0.6) is 0 Å². The minimum absolute atomic E-state index is 0. The van der Waals surface area contributed by atoms with Gasteiger partial charge in [-0.15, -0.1) is 12.4 Å². The Morgan fingerprint density at radius 3 is 2.31 bits per heavy atom. The van der Waals surface area contributed by atoms with Crippen LogP contribution in [-0.2, 0) is 17.6 Å². The van der Waals surface area contributed by atoms with Gasteiger partial charge in [-0.2, -0.15) is 0 Å². The third kappa shape index (κ3) is 5.14. The number of benzene rings is 1. The van der Waals surface area contributed by atoms with Crippen LogP contribution in [0.3, 0.4) is 0 Å². The van der Waals surface area contributed by atoms with Gasteiger partial charge in [0.1, 0.15) is 0 Å². The zero-order valence-corrected chi connectivity index (χ0v) is 10.3. The number of hydrogen-bond donors (Lipinski definition) is 2. The van der Waals surface area contributed by atoms with Gasteiger partial charge in [0.15, 0.2) is 0 Å². The monoisotopic (exact) mass is 242 g/mol. The summed E-state index contributed by atoms with van der Waals surface area (Å²) < 4.78 is 0. The first-order chi connectivity index (χ1) is 7.26. The number of amides is 1. The van der Waals surface area contributed by atoms with Crippen LogP contribution in [0.1, 0.15) is 18.1 Å². The molecule has 0 aliphatic carbocycles. The van der Waals surface area contributed by atoms with E-state index in [0.717, 1.165) is 12.8 Å². The summed E-state index contributed by atoms with van der Waals surface area (Å²) >= 11 is 0. The third-order valence-electron chi connectivity index (χ3n) is 2.35. The van der Waals surface area contributed by atoms with Crippen molar-refractivity contribution < 1.29 is 4.79 Å². The standard InChI is InChI=1S/C12H18N2O.ClH/c1-2-10-3-5-11(6-4-10)7-8-14-12(15)9-13;/h3-6H,2,7-9,13H2,1H3,(H,14,15);1H. The van der Waals surface area contributed by atoms with E-state index >= 15 is 0 Å². The molecule has 1 rings (SSSR count). The number of nitrogens with two attached hydrogens (primary N) is 1. The van der Waals surface area contributed by atoms with Crippen LogP contribution in [0.2, 0.25) is 0 Å². The summed E-state index contributed by atoms with van der Waals surface area (Å²) in [6.45, 7) is 2.85. The highest BCUT2D eigenvalue weighted by Crippen LogP contribution is 2.05. The topological polar surface area (TPSA) is 55.1 Å². The van der Waals surface area contributed by atoms with E-state index in [4.69, 9.17) is 5.73 Å². The quantitative estimate of drug-likeness (QED) is 0.818. The van der Waals surface area contributed by atoms with Crippen LogP contribution in [0, 0.1) is 0 Å². The molecule has 3 nitrogen and oxygen atoms in total. The lowest BCUT2D eigenvalue weighted by Crippen LogP contribution is -2.31. The first-order valence-corrected chi connectivity index (χ1v) is 5.31. The molecule has 0 atom stereocenters. The first-order valence-electron chi connectivity index (χ1n) is 5.31. The van der Waals surface area contributed by atoms with Crippen molar-refractivity contribution in [3.05, 3.63) is 35.4 Å². The van der Waals surface area contributed by atoms with E-state index in [1.807, 2.05) is 0 Å². The molecule has 0 heterocycles. The molecule has 0 fully saturated rings. The average molecular weight is 243 g/mol. The summed E-state index contributed by atoms with van der Waals surface area (Å²) in [4.78, 5) is 10.9. The average Bonchev–Trinajstić information content (AvgIpc) is 2.29. The molecule has 0 unspecified atom stereocenters. The Morgan fingerprint density at radius 2 is 1.81 bits per heavy atom. The number of carbonyl (C=O) groups excluding carboxylic acids is 1.